The number of carbonyl (C=O) groups is 1. The number of alkyl halides is 3. The molecule has 0 spiro atoms. The molecule has 1 aliphatic rings. The predicted molar refractivity (Wildman–Crippen MR) is 35.5 cm³/mol. The fraction of sp³-hybridized carbons (Fsp3) is 0.800. The van der Waals surface area contributed by atoms with E-state index in [9.17, 15) is 18.0 Å². The van der Waals surface area contributed by atoms with Crippen LogP contribution in [0.2, 0.25) is 0 Å². The van der Waals surface area contributed by atoms with Crippen LogP contribution in [-0.4, -0.2) is 24.2 Å². The van der Waals surface area contributed by atoms with Gasteiger partial charge in [-0.15, -0.1) is 0 Å². The summed E-state index contributed by atoms with van der Waals surface area (Å²) >= 11 is 0. The number of rotatable bonds is 1. The molecular formula is C5H5F3N4O. The van der Waals surface area contributed by atoms with Crippen molar-refractivity contribution in [2.24, 2.45) is 5.11 Å². The standard InChI is InChI=1S/C5H5F3N4O/c6-5(7,8)3-1-2(11-12-9)4(13)10-3/h2-3H,1H2,(H,10,13). The van der Waals surface area contributed by atoms with E-state index in [1.807, 2.05) is 0 Å². The van der Waals surface area contributed by atoms with Crippen molar-refractivity contribution in [2.45, 2.75) is 24.7 Å². The predicted octanol–water partition coefficient (Wildman–Crippen LogP) is 1.12. The highest BCUT2D eigenvalue weighted by Crippen LogP contribution is 2.27. The van der Waals surface area contributed by atoms with E-state index in [1.165, 1.54) is 0 Å². The molecule has 8 heteroatoms. The summed E-state index contributed by atoms with van der Waals surface area (Å²) < 4.78 is 36.0. The first-order chi connectivity index (χ1) is 5.95. The molecule has 2 unspecified atom stereocenters. The molecule has 1 heterocycles. The van der Waals surface area contributed by atoms with Crippen LogP contribution in [0.4, 0.5) is 13.2 Å². The number of azide groups is 1. The molecule has 1 saturated heterocycles. The lowest BCUT2D eigenvalue weighted by molar-refractivity contribution is -0.154. The first kappa shape index (κ1) is 9.66. The summed E-state index contributed by atoms with van der Waals surface area (Å²) in [6.07, 6.45) is -5.00. The summed E-state index contributed by atoms with van der Waals surface area (Å²) in [7, 11) is 0. The minimum Gasteiger partial charge on any atom is -0.344 e. The second-order valence-corrected chi connectivity index (χ2v) is 2.56. The number of hydrogen-bond donors (Lipinski definition) is 1. The minimum atomic E-state index is -4.48. The Kier molecular flexibility index (Phi) is 2.33. The Morgan fingerprint density at radius 1 is 1.62 bits per heavy atom. The fourth-order valence-corrected chi connectivity index (χ4v) is 1.03. The fourth-order valence-electron chi connectivity index (χ4n) is 1.03. The van der Waals surface area contributed by atoms with Gasteiger partial charge in [0, 0.05) is 4.91 Å². The Balaban J connectivity index is 2.71. The van der Waals surface area contributed by atoms with Gasteiger partial charge in [0.2, 0.25) is 5.91 Å². The molecular weight excluding hydrogens is 189 g/mol. The van der Waals surface area contributed by atoms with E-state index in [0.29, 0.717) is 0 Å². The Morgan fingerprint density at radius 3 is 2.62 bits per heavy atom. The second-order valence-electron chi connectivity index (χ2n) is 2.56. The molecule has 72 valence electrons. The van der Waals surface area contributed by atoms with Crippen molar-refractivity contribution in [1.82, 2.24) is 5.32 Å². The van der Waals surface area contributed by atoms with E-state index in [4.69, 9.17) is 5.53 Å². The molecule has 1 rings (SSSR count). The molecule has 0 radical (unpaired) electrons. The zero-order chi connectivity index (χ0) is 10.1. The Hall–Kier alpha value is -1.43. The Morgan fingerprint density at radius 2 is 2.23 bits per heavy atom. The second kappa shape index (κ2) is 3.14. The van der Waals surface area contributed by atoms with Gasteiger partial charge in [-0.1, -0.05) is 5.11 Å². The van der Waals surface area contributed by atoms with Gasteiger partial charge in [0.25, 0.3) is 0 Å². The van der Waals surface area contributed by atoms with Crippen molar-refractivity contribution >= 4 is 5.91 Å². The molecule has 0 aromatic rings. The molecule has 1 N–H and O–H groups in total. The molecule has 0 aliphatic carbocycles. The summed E-state index contributed by atoms with van der Waals surface area (Å²) in [4.78, 5) is 13.0. The van der Waals surface area contributed by atoms with Crippen LogP contribution in [0.5, 0.6) is 0 Å². The highest BCUT2D eigenvalue weighted by atomic mass is 19.4. The van der Waals surface area contributed by atoms with Crippen molar-refractivity contribution in [3.63, 3.8) is 0 Å². The lowest BCUT2D eigenvalue weighted by atomic mass is 10.2. The van der Waals surface area contributed by atoms with Crippen LogP contribution < -0.4 is 5.32 Å². The zero-order valence-electron chi connectivity index (χ0n) is 6.25. The average Bonchev–Trinajstić information content (AvgIpc) is 2.32. The first-order valence-electron chi connectivity index (χ1n) is 3.36. The van der Waals surface area contributed by atoms with Crippen molar-refractivity contribution in [1.29, 1.82) is 0 Å². The molecule has 13 heavy (non-hydrogen) atoms. The van der Waals surface area contributed by atoms with E-state index in [2.05, 4.69) is 10.0 Å². The maximum absolute atomic E-state index is 12.0. The molecule has 0 aromatic carbocycles. The first-order valence-corrected chi connectivity index (χ1v) is 3.36. The van der Waals surface area contributed by atoms with E-state index < -0.39 is 30.6 Å². The largest absolute Gasteiger partial charge is 0.408 e. The third kappa shape index (κ3) is 2.03. The van der Waals surface area contributed by atoms with Crippen LogP contribution in [-0.2, 0) is 4.79 Å². The maximum Gasteiger partial charge on any atom is 0.408 e. The van der Waals surface area contributed by atoms with Crippen molar-refractivity contribution in [3.05, 3.63) is 10.4 Å². The number of amides is 1. The van der Waals surface area contributed by atoms with Crippen molar-refractivity contribution in [3.8, 4) is 0 Å². The third-order valence-electron chi connectivity index (χ3n) is 1.66. The summed E-state index contributed by atoms with van der Waals surface area (Å²) in [5.41, 5.74) is 7.93. The van der Waals surface area contributed by atoms with Gasteiger partial charge in [0.1, 0.15) is 12.1 Å². The average molecular weight is 194 g/mol. The highest BCUT2D eigenvalue weighted by Gasteiger charge is 2.47. The number of hydrogen-bond acceptors (Lipinski definition) is 2. The number of nitrogens with zero attached hydrogens (tertiary/aromatic N) is 3. The maximum atomic E-state index is 12.0. The van der Waals surface area contributed by atoms with Crippen LogP contribution in [0.15, 0.2) is 5.11 Å². The number of halogens is 3. The van der Waals surface area contributed by atoms with E-state index in [-0.39, 0.29) is 0 Å². The van der Waals surface area contributed by atoms with Crippen LogP contribution in [0.1, 0.15) is 6.42 Å². The Bertz CT molecular complexity index is 269. The van der Waals surface area contributed by atoms with Crippen molar-refractivity contribution < 1.29 is 18.0 Å². The molecule has 0 bridgehead atoms. The lowest BCUT2D eigenvalue weighted by Crippen LogP contribution is -2.38. The SMILES string of the molecule is [N-]=[N+]=NC1CC(C(F)(F)F)NC1=O. The molecule has 1 amide bonds. The van der Waals surface area contributed by atoms with Crippen LogP contribution in [0.25, 0.3) is 10.4 Å². The van der Waals surface area contributed by atoms with Crippen LogP contribution >= 0.6 is 0 Å². The molecule has 2 atom stereocenters. The van der Waals surface area contributed by atoms with Gasteiger partial charge < -0.3 is 5.32 Å². The van der Waals surface area contributed by atoms with Gasteiger partial charge in [-0.25, -0.2) is 0 Å². The van der Waals surface area contributed by atoms with Crippen molar-refractivity contribution in [2.75, 3.05) is 0 Å². The number of carbonyl (C=O) groups excluding carboxylic acids is 1. The van der Waals surface area contributed by atoms with Crippen LogP contribution in [0.3, 0.4) is 0 Å². The normalized spacial score (nSPS) is 28.1. The number of nitrogens with one attached hydrogen (secondary N) is 1. The topological polar surface area (TPSA) is 77.9 Å². The van der Waals surface area contributed by atoms with Gasteiger partial charge in [0.05, 0.1) is 0 Å². The van der Waals surface area contributed by atoms with E-state index >= 15 is 0 Å². The van der Waals surface area contributed by atoms with Gasteiger partial charge >= 0.3 is 6.18 Å². The van der Waals surface area contributed by atoms with Gasteiger partial charge in [-0.05, 0) is 12.0 Å². The quantitative estimate of drug-likeness (QED) is 0.379. The molecule has 0 aromatic heterocycles. The molecule has 0 saturated carbocycles. The summed E-state index contributed by atoms with van der Waals surface area (Å²) in [6, 6.07) is -3.13. The monoisotopic (exact) mass is 194 g/mol. The van der Waals surface area contributed by atoms with Gasteiger partial charge in [0.15, 0.2) is 0 Å². The van der Waals surface area contributed by atoms with Gasteiger partial charge in [-0.2, -0.15) is 13.2 Å². The minimum absolute atomic E-state index is 0.521. The van der Waals surface area contributed by atoms with Gasteiger partial charge in [-0.3, -0.25) is 4.79 Å². The summed E-state index contributed by atoms with van der Waals surface area (Å²) in [5, 5.41) is 4.64. The lowest BCUT2D eigenvalue weighted by Gasteiger charge is -2.13. The van der Waals surface area contributed by atoms with E-state index in [0.717, 1.165) is 0 Å². The van der Waals surface area contributed by atoms with E-state index in [1.54, 1.807) is 5.32 Å². The molecule has 5 nitrogen and oxygen atoms in total. The molecule has 1 fully saturated rings. The highest BCUT2D eigenvalue weighted by molar-refractivity contribution is 5.84. The molecule has 1 aliphatic heterocycles. The van der Waals surface area contributed by atoms with Crippen LogP contribution in [0, 0.1) is 0 Å². The summed E-state index contributed by atoms with van der Waals surface area (Å²) in [5.74, 6) is -0.875. The Labute approximate surface area is 70.5 Å². The summed E-state index contributed by atoms with van der Waals surface area (Å²) in [6.45, 7) is 0. The zero-order valence-corrected chi connectivity index (χ0v) is 6.25. The third-order valence-corrected chi connectivity index (χ3v) is 1.66. The smallest absolute Gasteiger partial charge is 0.344 e.